The molecule has 0 saturated heterocycles. The molecule has 0 amide bonds. The van der Waals surface area contributed by atoms with E-state index in [1.54, 1.807) is 0 Å². The molecular weight excluding hydrogens is 663 g/mol. The Morgan fingerprint density at radius 3 is 1.25 bits per heavy atom. The third-order valence-corrected chi connectivity index (χ3v) is 11.4. The van der Waals surface area contributed by atoms with Crippen molar-refractivity contribution in [1.82, 2.24) is 0 Å². The molecule has 0 saturated carbocycles. The predicted octanol–water partition coefficient (Wildman–Crippen LogP) is 15.4. The van der Waals surface area contributed by atoms with Crippen molar-refractivity contribution >= 4 is 81.7 Å². The summed E-state index contributed by atoms with van der Waals surface area (Å²) in [6.07, 6.45) is 0. The molecule has 0 aliphatic carbocycles. The summed E-state index contributed by atoms with van der Waals surface area (Å²) in [4.78, 5) is 2.40. The van der Waals surface area contributed by atoms with E-state index in [2.05, 4.69) is 217 Å². The molecular formula is C54H35N. The van der Waals surface area contributed by atoms with Crippen molar-refractivity contribution in [3.63, 3.8) is 0 Å². The van der Waals surface area contributed by atoms with E-state index in [4.69, 9.17) is 0 Å². The molecule has 0 N–H and O–H groups in total. The van der Waals surface area contributed by atoms with E-state index in [0.717, 1.165) is 17.1 Å². The van der Waals surface area contributed by atoms with Gasteiger partial charge in [-0.1, -0.05) is 170 Å². The van der Waals surface area contributed by atoms with Crippen molar-refractivity contribution in [2.45, 2.75) is 0 Å². The number of hydrogen-bond acceptors (Lipinski definition) is 1. The predicted molar refractivity (Wildman–Crippen MR) is 237 cm³/mol. The molecule has 55 heavy (non-hydrogen) atoms. The van der Waals surface area contributed by atoms with Gasteiger partial charge in [0.05, 0.1) is 0 Å². The quantitative estimate of drug-likeness (QED) is 0.162. The van der Waals surface area contributed by atoms with Crippen LogP contribution in [0.25, 0.3) is 86.9 Å². The highest BCUT2D eigenvalue weighted by atomic mass is 15.1. The van der Waals surface area contributed by atoms with Gasteiger partial charge in [-0.25, -0.2) is 0 Å². The summed E-state index contributed by atoms with van der Waals surface area (Å²) in [5.74, 6) is 0. The second kappa shape index (κ2) is 12.7. The summed E-state index contributed by atoms with van der Waals surface area (Å²) in [7, 11) is 0. The van der Waals surface area contributed by atoms with Crippen LogP contribution in [0, 0.1) is 0 Å². The van der Waals surface area contributed by atoms with Gasteiger partial charge in [-0.05, 0) is 129 Å². The Morgan fingerprint density at radius 2 is 0.636 bits per heavy atom. The molecule has 11 rings (SSSR count). The van der Waals surface area contributed by atoms with Crippen molar-refractivity contribution in [2.75, 3.05) is 4.90 Å². The van der Waals surface area contributed by atoms with E-state index in [1.165, 1.54) is 86.9 Å². The molecule has 0 aliphatic rings. The fourth-order valence-electron chi connectivity index (χ4n) is 8.83. The van der Waals surface area contributed by atoms with Gasteiger partial charge in [0.1, 0.15) is 0 Å². The molecule has 11 aromatic carbocycles. The molecule has 0 aromatic heterocycles. The van der Waals surface area contributed by atoms with Crippen molar-refractivity contribution in [3.05, 3.63) is 212 Å². The topological polar surface area (TPSA) is 3.24 Å². The van der Waals surface area contributed by atoms with Crippen LogP contribution in [0.4, 0.5) is 17.1 Å². The summed E-state index contributed by atoms with van der Waals surface area (Å²) >= 11 is 0. The Balaban J connectivity index is 1.09. The number of fused-ring (bicyclic) bond motifs is 10. The van der Waals surface area contributed by atoms with Crippen LogP contribution in [-0.2, 0) is 0 Å². The summed E-state index contributed by atoms with van der Waals surface area (Å²) in [5, 5.41) is 15.2. The number of hydrogen-bond donors (Lipinski definition) is 0. The van der Waals surface area contributed by atoms with Crippen LogP contribution in [-0.4, -0.2) is 0 Å². The van der Waals surface area contributed by atoms with Gasteiger partial charge in [0.2, 0.25) is 0 Å². The van der Waals surface area contributed by atoms with Gasteiger partial charge in [-0.3, -0.25) is 0 Å². The lowest BCUT2D eigenvalue weighted by Gasteiger charge is -2.27. The van der Waals surface area contributed by atoms with Gasteiger partial charge < -0.3 is 4.90 Å². The Hall–Kier alpha value is -7.22. The second-order valence-corrected chi connectivity index (χ2v) is 14.5. The zero-order chi connectivity index (χ0) is 36.3. The average Bonchev–Trinajstić information content (AvgIpc) is 3.26. The molecule has 0 aliphatic heterocycles. The van der Waals surface area contributed by atoms with Crippen molar-refractivity contribution in [3.8, 4) is 22.3 Å². The third-order valence-electron chi connectivity index (χ3n) is 11.4. The lowest BCUT2D eigenvalue weighted by molar-refractivity contribution is 1.29. The van der Waals surface area contributed by atoms with Crippen LogP contribution >= 0.6 is 0 Å². The standard InChI is InChI=1S/C54H35N/c1-3-15-43-36(12-1)14-11-23-44(43)37-24-28-40(29-25-37)55(42-32-33-52-49-20-7-6-18-47(49)48-19-8-10-22-51(48)54(52)35-42)41-30-26-38(27-31-41)53-34-39-13-2-4-16-45(39)46-17-5-9-21-50(46)53/h1-35H. The van der Waals surface area contributed by atoms with Gasteiger partial charge in [-0.15, -0.1) is 0 Å². The average molecular weight is 698 g/mol. The molecule has 0 atom stereocenters. The minimum absolute atomic E-state index is 1.11. The number of nitrogens with zero attached hydrogens (tertiary/aromatic N) is 1. The molecule has 256 valence electrons. The van der Waals surface area contributed by atoms with E-state index in [9.17, 15) is 0 Å². The minimum atomic E-state index is 1.11. The largest absolute Gasteiger partial charge is 0.310 e. The van der Waals surface area contributed by atoms with Gasteiger partial charge in [-0.2, -0.15) is 0 Å². The van der Waals surface area contributed by atoms with Crippen LogP contribution in [0.2, 0.25) is 0 Å². The monoisotopic (exact) mass is 697 g/mol. The van der Waals surface area contributed by atoms with Crippen LogP contribution in [0.5, 0.6) is 0 Å². The van der Waals surface area contributed by atoms with E-state index < -0.39 is 0 Å². The highest BCUT2D eigenvalue weighted by molar-refractivity contribution is 6.26. The van der Waals surface area contributed by atoms with E-state index in [1.807, 2.05) is 0 Å². The highest BCUT2D eigenvalue weighted by Gasteiger charge is 2.17. The Kier molecular flexibility index (Phi) is 7.25. The molecule has 0 heterocycles. The maximum absolute atomic E-state index is 2.40. The SMILES string of the molecule is c1ccc2c(-c3ccc(N(c4ccc(-c5cc6ccccc6c6ccccc56)cc4)c4ccc5c6ccccc6c6ccccc6c5c4)cc3)cccc2c1. The minimum Gasteiger partial charge on any atom is -0.310 e. The fourth-order valence-corrected chi connectivity index (χ4v) is 8.83. The van der Waals surface area contributed by atoms with Crippen molar-refractivity contribution in [2.24, 2.45) is 0 Å². The maximum Gasteiger partial charge on any atom is 0.0468 e. The van der Waals surface area contributed by atoms with Gasteiger partial charge >= 0.3 is 0 Å². The lowest BCUT2D eigenvalue weighted by atomic mass is 9.93. The zero-order valence-corrected chi connectivity index (χ0v) is 30.2. The van der Waals surface area contributed by atoms with Crippen molar-refractivity contribution in [1.29, 1.82) is 0 Å². The second-order valence-electron chi connectivity index (χ2n) is 14.5. The van der Waals surface area contributed by atoms with Crippen LogP contribution in [0.1, 0.15) is 0 Å². The van der Waals surface area contributed by atoms with E-state index in [-0.39, 0.29) is 0 Å². The molecule has 0 radical (unpaired) electrons. The highest BCUT2D eigenvalue weighted by Crippen LogP contribution is 2.43. The first-order valence-electron chi connectivity index (χ1n) is 19.0. The van der Waals surface area contributed by atoms with Crippen LogP contribution < -0.4 is 4.90 Å². The summed E-state index contributed by atoms with van der Waals surface area (Å²) in [5.41, 5.74) is 8.23. The maximum atomic E-state index is 2.40. The molecule has 1 heteroatoms. The summed E-state index contributed by atoms with van der Waals surface area (Å²) < 4.78 is 0. The van der Waals surface area contributed by atoms with Gasteiger partial charge in [0, 0.05) is 17.1 Å². The first-order valence-corrected chi connectivity index (χ1v) is 19.0. The number of anilines is 3. The lowest BCUT2D eigenvalue weighted by Crippen LogP contribution is -2.10. The Labute approximate surface area is 320 Å². The molecule has 11 aromatic rings. The first kappa shape index (κ1) is 31.3. The summed E-state index contributed by atoms with van der Waals surface area (Å²) in [6.45, 7) is 0. The van der Waals surface area contributed by atoms with Gasteiger partial charge in [0.25, 0.3) is 0 Å². The molecule has 0 unspecified atom stereocenters. The molecule has 0 bridgehead atoms. The first-order chi connectivity index (χ1) is 27.3. The fraction of sp³-hybridized carbons (Fsp3) is 0. The van der Waals surface area contributed by atoms with E-state index in [0.29, 0.717) is 0 Å². The number of rotatable bonds is 5. The molecule has 1 nitrogen and oxygen atoms in total. The smallest absolute Gasteiger partial charge is 0.0468 e. The molecule has 0 fully saturated rings. The van der Waals surface area contributed by atoms with Crippen LogP contribution in [0.15, 0.2) is 212 Å². The van der Waals surface area contributed by atoms with E-state index >= 15 is 0 Å². The Morgan fingerprint density at radius 1 is 0.218 bits per heavy atom. The molecule has 0 spiro atoms. The third kappa shape index (κ3) is 5.16. The number of benzene rings is 11. The van der Waals surface area contributed by atoms with Crippen LogP contribution in [0.3, 0.4) is 0 Å². The summed E-state index contributed by atoms with van der Waals surface area (Å²) in [6, 6.07) is 77.8. The van der Waals surface area contributed by atoms with Crippen molar-refractivity contribution < 1.29 is 0 Å². The van der Waals surface area contributed by atoms with Gasteiger partial charge in [0.15, 0.2) is 0 Å². The zero-order valence-electron chi connectivity index (χ0n) is 30.2. The normalized spacial score (nSPS) is 11.6. The Bertz CT molecular complexity index is 3210.